The maximum Gasteiger partial charge on any atom is 0.269 e. The van der Waals surface area contributed by atoms with E-state index in [1.165, 1.54) is 12.1 Å². The molecule has 1 aliphatic rings. The summed E-state index contributed by atoms with van der Waals surface area (Å²) in [5.74, 6) is -0.509. The molecule has 11 nitrogen and oxygen atoms in total. The van der Waals surface area contributed by atoms with E-state index in [9.17, 15) is 18.0 Å². The van der Waals surface area contributed by atoms with Gasteiger partial charge in [-0.15, -0.1) is 0 Å². The smallest absolute Gasteiger partial charge is 0.269 e. The van der Waals surface area contributed by atoms with Gasteiger partial charge in [-0.3, -0.25) is 9.59 Å². The van der Waals surface area contributed by atoms with E-state index in [-0.39, 0.29) is 22.5 Å². The maximum atomic E-state index is 13.2. The van der Waals surface area contributed by atoms with Crippen LogP contribution in [0.4, 0.5) is 11.5 Å². The minimum atomic E-state index is -3.88. The van der Waals surface area contributed by atoms with Crippen molar-refractivity contribution in [3.8, 4) is 16.9 Å². The molecule has 2 aromatic carbocycles. The van der Waals surface area contributed by atoms with E-state index in [0.29, 0.717) is 46.9 Å². The van der Waals surface area contributed by atoms with Crippen LogP contribution in [0, 0.1) is 0 Å². The molecule has 12 heteroatoms. The van der Waals surface area contributed by atoms with Gasteiger partial charge >= 0.3 is 0 Å². The molecule has 0 saturated carbocycles. The zero-order valence-electron chi connectivity index (χ0n) is 21.3. The summed E-state index contributed by atoms with van der Waals surface area (Å²) in [6.07, 6.45) is 2.81. The number of amides is 2. The number of carbonyl (C=O) groups excluding carboxylic acids is 2. The van der Waals surface area contributed by atoms with Crippen molar-refractivity contribution in [3.05, 3.63) is 83.2 Å². The second-order valence-corrected chi connectivity index (χ2v) is 11.1. The highest BCUT2D eigenvalue weighted by molar-refractivity contribution is 7.89. The normalized spacial score (nSPS) is 12.5. The fourth-order valence-corrected chi connectivity index (χ4v) is 5.17. The molecule has 0 unspecified atom stereocenters. The topological polar surface area (TPSA) is 175 Å². The van der Waals surface area contributed by atoms with E-state index in [4.69, 9.17) is 10.9 Å². The van der Waals surface area contributed by atoms with Crippen LogP contribution in [-0.2, 0) is 22.9 Å². The Morgan fingerprint density at radius 3 is 2.46 bits per heavy atom. The largest absolute Gasteiger partial charge is 0.367 e. The summed E-state index contributed by atoms with van der Waals surface area (Å²) in [7, 11) is -3.88. The Labute approximate surface area is 225 Å². The van der Waals surface area contributed by atoms with Crippen molar-refractivity contribution < 1.29 is 18.0 Å². The number of aryl methyl sites for hydroxylation is 1. The van der Waals surface area contributed by atoms with Gasteiger partial charge in [-0.2, -0.15) is 5.10 Å². The van der Waals surface area contributed by atoms with Crippen molar-refractivity contribution in [2.45, 2.75) is 37.6 Å². The number of pyridine rings is 1. The average Bonchev–Trinajstić information content (AvgIpc) is 3.29. The van der Waals surface area contributed by atoms with Gasteiger partial charge in [0, 0.05) is 29.1 Å². The van der Waals surface area contributed by atoms with Gasteiger partial charge in [-0.1, -0.05) is 6.07 Å². The average molecular weight is 546 g/mol. The first-order valence-electron chi connectivity index (χ1n) is 12.2. The lowest BCUT2D eigenvalue weighted by Crippen LogP contribution is -2.19. The number of primary amides is 1. The van der Waals surface area contributed by atoms with Crippen LogP contribution in [0.5, 0.6) is 0 Å². The Hall–Kier alpha value is -4.55. The highest BCUT2D eigenvalue weighted by Crippen LogP contribution is 2.38. The molecule has 39 heavy (non-hydrogen) atoms. The minimum Gasteiger partial charge on any atom is -0.367 e. The third kappa shape index (κ3) is 5.11. The molecule has 0 aliphatic heterocycles. The van der Waals surface area contributed by atoms with Crippen molar-refractivity contribution in [2.24, 2.45) is 10.9 Å². The summed E-state index contributed by atoms with van der Waals surface area (Å²) in [4.78, 5) is 29.7. The molecule has 1 aliphatic carbocycles. The number of hydrogen-bond acceptors (Lipinski definition) is 7. The molecule has 0 bridgehead atoms. The lowest BCUT2D eigenvalue weighted by atomic mass is 9.88. The number of rotatable bonds is 7. The van der Waals surface area contributed by atoms with Crippen molar-refractivity contribution in [3.63, 3.8) is 0 Å². The fraction of sp³-hybridized carbons (Fsp3) is 0.185. The SMILES string of the molecule is CC(C)Nc1ncccc1C(=O)Nc1ccc2c(c1)-c1c(c(C(N)=O)nn1-c1ccc(S(N)(=O)=O)cc1)CC2. The summed E-state index contributed by atoms with van der Waals surface area (Å²) < 4.78 is 25.0. The molecule has 0 atom stereocenters. The van der Waals surface area contributed by atoms with Gasteiger partial charge in [0.2, 0.25) is 10.0 Å². The van der Waals surface area contributed by atoms with Crippen LogP contribution in [0.1, 0.15) is 45.8 Å². The standard InChI is InChI=1S/C27H27N7O4S/c1-15(2)31-26-21(4-3-13-30-26)27(36)32-17-7-5-16-6-12-20-23(25(28)35)33-34(24(20)22(16)14-17)18-8-10-19(11-9-18)39(29,37)38/h3-5,7-11,13-15H,6,12H2,1-2H3,(H2,28,35)(H,30,31)(H,32,36)(H2,29,37,38). The van der Waals surface area contributed by atoms with E-state index >= 15 is 0 Å². The van der Waals surface area contributed by atoms with E-state index < -0.39 is 15.9 Å². The summed E-state index contributed by atoms with van der Waals surface area (Å²) in [5, 5.41) is 15.9. The highest BCUT2D eigenvalue weighted by Gasteiger charge is 2.28. The summed E-state index contributed by atoms with van der Waals surface area (Å²) in [6.45, 7) is 3.92. The van der Waals surface area contributed by atoms with Crippen LogP contribution in [-0.4, -0.2) is 41.0 Å². The Kier molecular flexibility index (Phi) is 6.66. The van der Waals surface area contributed by atoms with Crippen molar-refractivity contribution in [2.75, 3.05) is 10.6 Å². The Bertz CT molecular complexity index is 1710. The van der Waals surface area contributed by atoms with E-state index in [1.54, 1.807) is 35.1 Å². The van der Waals surface area contributed by atoms with Gasteiger partial charge < -0.3 is 16.4 Å². The number of primary sulfonamides is 1. The van der Waals surface area contributed by atoms with Crippen LogP contribution in [0.2, 0.25) is 0 Å². The number of sulfonamides is 1. The molecule has 6 N–H and O–H groups in total. The lowest BCUT2D eigenvalue weighted by molar-refractivity contribution is 0.0992. The third-order valence-electron chi connectivity index (χ3n) is 6.37. The predicted molar refractivity (Wildman–Crippen MR) is 147 cm³/mol. The number of benzene rings is 2. The quantitative estimate of drug-likeness (QED) is 0.276. The summed E-state index contributed by atoms with van der Waals surface area (Å²) in [5.41, 5.74) is 10.4. The Morgan fingerprint density at radius 2 is 1.79 bits per heavy atom. The Balaban J connectivity index is 1.57. The van der Waals surface area contributed by atoms with Gasteiger partial charge in [-0.05, 0) is 80.8 Å². The number of anilines is 2. The van der Waals surface area contributed by atoms with Gasteiger partial charge in [0.05, 0.1) is 21.8 Å². The fourth-order valence-electron chi connectivity index (χ4n) is 4.65. The highest BCUT2D eigenvalue weighted by atomic mass is 32.2. The number of aromatic nitrogens is 3. The zero-order valence-corrected chi connectivity index (χ0v) is 22.1. The first-order valence-corrected chi connectivity index (χ1v) is 13.8. The van der Waals surface area contributed by atoms with Crippen molar-refractivity contribution in [1.29, 1.82) is 0 Å². The second-order valence-electron chi connectivity index (χ2n) is 9.52. The predicted octanol–water partition coefficient (Wildman–Crippen LogP) is 2.85. The first kappa shape index (κ1) is 26.1. The van der Waals surface area contributed by atoms with Gasteiger partial charge in [0.1, 0.15) is 5.82 Å². The van der Waals surface area contributed by atoms with Crippen molar-refractivity contribution >= 4 is 33.3 Å². The van der Waals surface area contributed by atoms with Crippen LogP contribution < -0.4 is 21.5 Å². The molecule has 0 radical (unpaired) electrons. The number of hydrogen-bond donors (Lipinski definition) is 4. The number of nitrogens with zero attached hydrogens (tertiary/aromatic N) is 3. The molecule has 0 fully saturated rings. The number of carbonyl (C=O) groups is 2. The number of nitrogens with one attached hydrogen (secondary N) is 2. The number of fused-ring (bicyclic) bond motifs is 3. The van der Waals surface area contributed by atoms with Gasteiger partial charge in [-0.25, -0.2) is 23.2 Å². The molecule has 200 valence electrons. The van der Waals surface area contributed by atoms with E-state index in [1.807, 2.05) is 32.0 Å². The monoisotopic (exact) mass is 545 g/mol. The molecule has 2 aromatic heterocycles. The molecular weight excluding hydrogens is 518 g/mol. The second kappa shape index (κ2) is 9.97. The van der Waals surface area contributed by atoms with Crippen LogP contribution in [0.15, 0.2) is 65.7 Å². The molecule has 2 heterocycles. The van der Waals surface area contributed by atoms with Gasteiger partial charge in [0.15, 0.2) is 5.69 Å². The van der Waals surface area contributed by atoms with E-state index in [0.717, 1.165) is 11.1 Å². The number of nitrogens with two attached hydrogens (primary N) is 2. The lowest BCUT2D eigenvalue weighted by Gasteiger charge is -2.20. The first-order chi connectivity index (χ1) is 18.5. The molecule has 0 saturated heterocycles. The molecular formula is C27H27N7O4S. The Morgan fingerprint density at radius 1 is 1.05 bits per heavy atom. The molecule has 2 amide bonds. The minimum absolute atomic E-state index is 0.0467. The molecule has 5 rings (SSSR count). The van der Waals surface area contributed by atoms with E-state index in [2.05, 4.69) is 20.7 Å². The van der Waals surface area contributed by atoms with Crippen molar-refractivity contribution in [1.82, 2.24) is 14.8 Å². The third-order valence-corrected chi connectivity index (χ3v) is 7.30. The zero-order chi connectivity index (χ0) is 27.9. The van der Waals surface area contributed by atoms with Crippen LogP contribution in [0.25, 0.3) is 16.9 Å². The van der Waals surface area contributed by atoms with Crippen LogP contribution in [0.3, 0.4) is 0 Å². The van der Waals surface area contributed by atoms with Gasteiger partial charge in [0.25, 0.3) is 11.8 Å². The summed E-state index contributed by atoms with van der Waals surface area (Å²) >= 11 is 0. The maximum absolute atomic E-state index is 13.2. The van der Waals surface area contributed by atoms with Crippen LogP contribution >= 0.6 is 0 Å². The summed E-state index contributed by atoms with van der Waals surface area (Å²) in [6, 6.07) is 14.9. The molecule has 0 spiro atoms. The molecule has 4 aromatic rings.